The van der Waals surface area contributed by atoms with Crippen molar-refractivity contribution in [2.24, 2.45) is 0 Å². The number of likely N-dealkylation sites (tertiary alicyclic amines) is 1. The Labute approximate surface area is 178 Å². The summed E-state index contributed by atoms with van der Waals surface area (Å²) in [5.74, 6) is 0.494. The molecule has 1 aromatic heterocycles. The van der Waals surface area contributed by atoms with Crippen molar-refractivity contribution in [3.05, 3.63) is 59.8 Å². The van der Waals surface area contributed by atoms with Crippen molar-refractivity contribution in [3.63, 3.8) is 0 Å². The first-order valence-electron chi connectivity index (χ1n) is 10.7. The molecule has 2 heterocycles. The minimum absolute atomic E-state index is 0.123. The van der Waals surface area contributed by atoms with Crippen LogP contribution in [0.5, 0.6) is 5.75 Å². The third-order valence-electron chi connectivity index (χ3n) is 5.99. The van der Waals surface area contributed by atoms with Gasteiger partial charge in [-0.3, -0.25) is 4.98 Å². The maximum absolute atomic E-state index is 12.6. The van der Waals surface area contributed by atoms with Gasteiger partial charge in [0.2, 0.25) is 0 Å². The summed E-state index contributed by atoms with van der Waals surface area (Å²) in [4.78, 5) is 19.7. The number of aromatic nitrogens is 1. The molecule has 1 N–H and O–H groups in total. The molecule has 30 heavy (non-hydrogen) atoms. The summed E-state index contributed by atoms with van der Waals surface area (Å²) in [6.07, 6.45) is 3.33. The highest BCUT2D eigenvalue weighted by atomic mass is 16.6. The second-order valence-electron chi connectivity index (χ2n) is 8.09. The summed E-state index contributed by atoms with van der Waals surface area (Å²) in [5.41, 5.74) is 4.28. The molecular weight excluding hydrogens is 374 g/mol. The quantitative estimate of drug-likeness (QED) is 0.659. The van der Waals surface area contributed by atoms with E-state index < -0.39 is 6.09 Å². The number of rotatable bonds is 4. The molecule has 0 radical (unpaired) electrons. The molecule has 156 valence electrons. The van der Waals surface area contributed by atoms with Gasteiger partial charge < -0.3 is 15.0 Å². The molecule has 0 bridgehead atoms. The largest absolute Gasteiger partial charge is 0.412 e. The number of aryl methyl sites for hydroxylation is 2. The summed E-state index contributed by atoms with van der Waals surface area (Å²) < 4.78 is 5.75. The fourth-order valence-electron chi connectivity index (χ4n) is 4.14. The predicted molar refractivity (Wildman–Crippen MR) is 121 cm³/mol. The van der Waals surface area contributed by atoms with Crippen LogP contribution in [-0.2, 0) is 0 Å². The second kappa shape index (κ2) is 8.84. The van der Waals surface area contributed by atoms with Crippen LogP contribution in [0.3, 0.4) is 0 Å². The molecule has 4 rings (SSSR count). The minimum atomic E-state index is -0.410. The molecule has 5 nitrogen and oxygen atoms in total. The first-order chi connectivity index (χ1) is 14.5. The molecule has 1 aliphatic rings. The molecule has 1 atom stereocenters. The molecule has 2 aromatic carbocycles. The summed E-state index contributed by atoms with van der Waals surface area (Å²) in [6.45, 7) is 9.28. The summed E-state index contributed by atoms with van der Waals surface area (Å²) in [6, 6.07) is 14.4. The minimum Gasteiger partial charge on any atom is -0.408 e. The fourth-order valence-corrected chi connectivity index (χ4v) is 4.14. The maximum Gasteiger partial charge on any atom is 0.412 e. The van der Waals surface area contributed by atoms with Gasteiger partial charge in [-0.1, -0.05) is 37.3 Å². The van der Waals surface area contributed by atoms with E-state index >= 15 is 0 Å². The lowest BCUT2D eigenvalue weighted by Gasteiger charge is -2.31. The standard InChI is InChI=1S/C25H29N3O2/c1-4-28-12-8-11-20(16-28)27-25(29)30-23-15-26-24(19-9-6-5-7-10-19)22-14-18(3)17(2)13-21(22)23/h5-7,9-10,13-15,20H,4,8,11-12,16H2,1-3H3,(H,27,29). The third kappa shape index (κ3) is 4.31. The molecule has 1 saturated heterocycles. The molecule has 1 fully saturated rings. The monoisotopic (exact) mass is 403 g/mol. The van der Waals surface area contributed by atoms with Crippen molar-refractivity contribution in [2.75, 3.05) is 19.6 Å². The number of carbonyl (C=O) groups excluding carboxylic acids is 1. The number of nitrogens with zero attached hydrogens (tertiary/aromatic N) is 2. The van der Waals surface area contributed by atoms with Gasteiger partial charge in [-0.25, -0.2) is 4.79 Å². The molecule has 0 spiro atoms. The number of nitrogens with one attached hydrogen (secondary N) is 1. The van der Waals surface area contributed by atoms with E-state index in [1.807, 2.05) is 30.3 Å². The Morgan fingerprint density at radius 1 is 1.17 bits per heavy atom. The first-order valence-corrected chi connectivity index (χ1v) is 10.7. The average Bonchev–Trinajstić information content (AvgIpc) is 2.76. The molecule has 0 aliphatic carbocycles. The maximum atomic E-state index is 12.6. The second-order valence-corrected chi connectivity index (χ2v) is 8.09. The van der Waals surface area contributed by atoms with Gasteiger partial charge in [0.05, 0.1) is 11.9 Å². The van der Waals surface area contributed by atoms with Gasteiger partial charge in [0.25, 0.3) is 0 Å². The Morgan fingerprint density at radius 2 is 1.90 bits per heavy atom. The Kier molecular flexibility index (Phi) is 6.00. The van der Waals surface area contributed by atoms with E-state index in [1.165, 1.54) is 5.56 Å². The van der Waals surface area contributed by atoms with E-state index in [2.05, 4.69) is 48.1 Å². The first kappa shape index (κ1) is 20.4. The van der Waals surface area contributed by atoms with Crippen molar-refractivity contribution >= 4 is 16.9 Å². The number of carbonyl (C=O) groups is 1. The van der Waals surface area contributed by atoms with Gasteiger partial charge >= 0.3 is 6.09 Å². The third-order valence-corrected chi connectivity index (χ3v) is 5.99. The fraction of sp³-hybridized carbons (Fsp3) is 0.360. The molecule has 0 saturated carbocycles. The Hall–Kier alpha value is -2.92. The topological polar surface area (TPSA) is 54.5 Å². The molecule has 1 unspecified atom stereocenters. The number of pyridine rings is 1. The van der Waals surface area contributed by atoms with Crippen LogP contribution in [0.2, 0.25) is 0 Å². The van der Waals surface area contributed by atoms with Gasteiger partial charge in [-0.15, -0.1) is 0 Å². The lowest BCUT2D eigenvalue weighted by Crippen LogP contribution is -2.48. The highest BCUT2D eigenvalue weighted by Gasteiger charge is 2.22. The van der Waals surface area contributed by atoms with Gasteiger partial charge in [0.15, 0.2) is 5.75 Å². The zero-order valence-electron chi connectivity index (χ0n) is 17.9. The summed E-state index contributed by atoms with van der Waals surface area (Å²) >= 11 is 0. The SMILES string of the molecule is CCN1CCCC(NC(=O)Oc2cnc(-c3ccccc3)c3cc(C)c(C)cc23)C1. The lowest BCUT2D eigenvalue weighted by molar-refractivity contribution is 0.171. The van der Waals surface area contributed by atoms with E-state index in [0.717, 1.165) is 60.1 Å². The van der Waals surface area contributed by atoms with Crippen LogP contribution in [-0.4, -0.2) is 41.7 Å². The number of benzene rings is 2. The lowest BCUT2D eigenvalue weighted by atomic mass is 9.98. The van der Waals surface area contributed by atoms with Crippen LogP contribution in [0.1, 0.15) is 30.9 Å². The Balaban J connectivity index is 1.63. The van der Waals surface area contributed by atoms with Crippen LogP contribution in [0, 0.1) is 13.8 Å². The molecular formula is C25H29N3O2. The number of piperidine rings is 1. The van der Waals surface area contributed by atoms with Gasteiger partial charge in [-0.05, 0) is 63.0 Å². The van der Waals surface area contributed by atoms with E-state index in [4.69, 9.17) is 4.74 Å². The van der Waals surface area contributed by atoms with Crippen molar-refractivity contribution in [1.82, 2.24) is 15.2 Å². The van der Waals surface area contributed by atoms with Crippen LogP contribution in [0.25, 0.3) is 22.0 Å². The van der Waals surface area contributed by atoms with Crippen molar-refractivity contribution in [1.29, 1.82) is 0 Å². The molecule has 1 aliphatic heterocycles. The molecule has 1 amide bonds. The predicted octanol–water partition coefficient (Wildman–Crippen LogP) is 5.09. The Bertz CT molecular complexity index is 1050. The smallest absolute Gasteiger partial charge is 0.408 e. The van der Waals surface area contributed by atoms with Crippen molar-refractivity contribution in [3.8, 4) is 17.0 Å². The van der Waals surface area contributed by atoms with E-state index in [9.17, 15) is 4.79 Å². The van der Waals surface area contributed by atoms with Crippen molar-refractivity contribution < 1.29 is 9.53 Å². The zero-order valence-corrected chi connectivity index (χ0v) is 17.9. The van der Waals surface area contributed by atoms with Gasteiger partial charge in [-0.2, -0.15) is 0 Å². The zero-order chi connectivity index (χ0) is 21.1. The summed E-state index contributed by atoms with van der Waals surface area (Å²) in [7, 11) is 0. The van der Waals surface area contributed by atoms with Crippen LogP contribution in [0.4, 0.5) is 4.79 Å². The van der Waals surface area contributed by atoms with Crippen LogP contribution >= 0.6 is 0 Å². The number of fused-ring (bicyclic) bond motifs is 1. The number of hydrogen-bond acceptors (Lipinski definition) is 4. The van der Waals surface area contributed by atoms with Crippen LogP contribution in [0.15, 0.2) is 48.7 Å². The van der Waals surface area contributed by atoms with Gasteiger partial charge in [0, 0.05) is 28.9 Å². The van der Waals surface area contributed by atoms with E-state index in [0.29, 0.717) is 5.75 Å². The number of ether oxygens (including phenoxy) is 1. The molecule has 5 heteroatoms. The van der Waals surface area contributed by atoms with Crippen LogP contribution < -0.4 is 10.1 Å². The van der Waals surface area contributed by atoms with E-state index in [-0.39, 0.29) is 6.04 Å². The molecule has 3 aromatic rings. The normalized spacial score (nSPS) is 17.1. The Morgan fingerprint density at radius 3 is 2.63 bits per heavy atom. The number of hydrogen-bond donors (Lipinski definition) is 1. The number of likely N-dealkylation sites (N-methyl/N-ethyl adjacent to an activating group) is 1. The number of amides is 1. The van der Waals surface area contributed by atoms with Crippen molar-refractivity contribution in [2.45, 2.75) is 39.7 Å². The highest BCUT2D eigenvalue weighted by Crippen LogP contribution is 2.34. The highest BCUT2D eigenvalue weighted by molar-refractivity contribution is 5.99. The average molecular weight is 404 g/mol. The summed E-state index contributed by atoms with van der Waals surface area (Å²) in [5, 5.41) is 4.93. The van der Waals surface area contributed by atoms with Gasteiger partial charge in [0.1, 0.15) is 0 Å². The van der Waals surface area contributed by atoms with E-state index in [1.54, 1.807) is 6.20 Å².